The number of nitrogens with zero attached hydrogens (tertiary/aromatic N) is 2. The smallest absolute Gasteiger partial charge is 0.225 e. The van der Waals surface area contributed by atoms with E-state index in [0.29, 0.717) is 13.0 Å². The van der Waals surface area contributed by atoms with Crippen molar-refractivity contribution in [1.29, 1.82) is 0 Å². The Bertz CT molecular complexity index is 1030. The number of ether oxygens (including phenoxy) is 2. The van der Waals surface area contributed by atoms with Crippen LogP contribution >= 0.6 is 0 Å². The van der Waals surface area contributed by atoms with Gasteiger partial charge in [0.1, 0.15) is 0 Å². The lowest BCUT2D eigenvalue weighted by Gasteiger charge is -2.29. The summed E-state index contributed by atoms with van der Waals surface area (Å²) < 4.78 is 10.8. The molecule has 6 nitrogen and oxygen atoms in total. The second kappa shape index (κ2) is 8.49. The number of para-hydroxylation sites is 1. The van der Waals surface area contributed by atoms with E-state index < -0.39 is 0 Å². The lowest BCUT2D eigenvalue weighted by Crippen LogP contribution is -2.33. The van der Waals surface area contributed by atoms with E-state index >= 15 is 0 Å². The first-order valence-corrected chi connectivity index (χ1v) is 9.77. The molecule has 29 heavy (non-hydrogen) atoms. The minimum absolute atomic E-state index is 0.00117. The first-order valence-electron chi connectivity index (χ1n) is 9.77. The number of nitrogens with one attached hydrogen (secondary N) is 1. The number of carbonyl (C=O) groups excluding carboxylic acids is 1. The molecule has 1 aliphatic heterocycles. The Kier molecular flexibility index (Phi) is 5.62. The molecule has 4 rings (SSSR count). The number of anilines is 1. The molecule has 0 aliphatic carbocycles. The maximum atomic E-state index is 12.5. The molecule has 0 unspecified atom stereocenters. The molecule has 0 saturated heterocycles. The second-order valence-electron chi connectivity index (χ2n) is 7.18. The average Bonchev–Trinajstić information content (AvgIpc) is 2.76. The van der Waals surface area contributed by atoms with Gasteiger partial charge in [-0.15, -0.1) is 0 Å². The van der Waals surface area contributed by atoms with E-state index in [1.165, 1.54) is 11.1 Å². The van der Waals surface area contributed by atoms with E-state index in [1.807, 2.05) is 36.4 Å². The van der Waals surface area contributed by atoms with Crippen molar-refractivity contribution >= 4 is 22.5 Å². The van der Waals surface area contributed by atoms with Crippen LogP contribution in [0.4, 0.5) is 5.69 Å². The third-order valence-electron chi connectivity index (χ3n) is 5.36. The van der Waals surface area contributed by atoms with Gasteiger partial charge in [0.2, 0.25) is 5.91 Å². The minimum atomic E-state index is 0.00117. The first kappa shape index (κ1) is 19.2. The average molecular weight is 391 g/mol. The number of carbonyl (C=O) groups is 1. The topological polar surface area (TPSA) is 63.7 Å². The van der Waals surface area contributed by atoms with E-state index in [4.69, 9.17) is 9.47 Å². The molecule has 6 heteroatoms. The Morgan fingerprint density at radius 3 is 2.66 bits per heavy atom. The van der Waals surface area contributed by atoms with Crippen molar-refractivity contribution in [1.82, 2.24) is 9.88 Å². The van der Waals surface area contributed by atoms with Crippen LogP contribution in [0.2, 0.25) is 0 Å². The van der Waals surface area contributed by atoms with Gasteiger partial charge in [0, 0.05) is 37.6 Å². The van der Waals surface area contributed by atoms with Gasteiger partial charge >= 0.3 is 0 Å². The van der Waals surface area contributed by atoms with Gasteiger partial charge in [0.15, 0.2) is 11.5 Å². The van der Waals surface area contributed by atoms with Gasteiger partial charge in [-0.05, 0) is 41.8 Å². The predicted molar refractivity (Wildman–Crippen MR) is 114 cm³/mol. The van der Waals surface area contributed by atoms with Gasteiger partial charge in [-0.25, -0.2) is 0 Å². The predicted octanol–water partition coefficient (Wildman–Crippen LogP) is 3.64. The van der Waals surface area contributed by atoms with Crippen molar-refractivity contribution < 1.29 is 14.3 Å². The monoisotopic (exact) mass is 391 g/mol. The van der Waals surface area contributed by atoms with Gasteiger partial charge in [-0.3, -0.25) is 14.7 Å². The number of hydrogen-bond acceptors (Lipinski definition) is 5. The molecule has 150 valence electrons. The van der Waals surface area contributed by atoms with E-state index in [1.54, 1.807) is 20.4 Å². The summed E-state index contributed by atoms with van der Waals surface area (Å²) in [7, 11) is 3.31. The van der Waals surface area contributed by atoms with Crippen LogP contribution in [-0.2, 0) is 17.8 Å². The van der Waals surface area contributed by atoms with E-state index in [-0.39, 0.29) is 5.91 Å². The van der Waals surface area contributed by atoms with Gasteiger partial charge < -0.3 is 14.8 Å². The van der Waals surface area contributed by atoms with Gasteiger partial charge in [-0.2, -0.15) is 0 Å². The number of amides is 1. The molecule has 1 aliphatic rings. The van der Waals surface area contributed by atoms with Crippen LogP contribution in [0.3, 0.4) is 0 Å². The Balaban J connectivity index is 1.38. The van der Waals surface area contributed by atoms with Crippen molar-refractivity contribution in [3.63, 3.8) is 0 Å². The SMILES string of the molecule is COc1cc2c(cc1OC)CN(CCC(=O)Nc1cccc3cccnc13)CC2. The fourth-order valence-electron chi connectivity index (χ4n) is 3.81. The third kappa shape index (κ3) is 4.17. The summed E-state index contributed by atoms with van der Waals surface area (Å²) in [6, 6.07) is 13.8. The Labute approximate surface area is 170 Å². The molecule has 0 atom stereocenters. The number of methoxy groups -OCH3 is 2. The maximum Gasteiger partial charge on any atom is 0.225 e. The Hall–Kier alpha value is -3.12. The van der Waals surface area contributed by atoms with E-state index in [2.05, 4.69) is 21.3 Å². The molecule has 1 N–H and O–H groups in total. The third-order valence-corrected chi connectivity index (χ3v) is 5.36. The lowest BCUT2D eigenvalue weighted by atomic mass is 9.98. The quantitative estimate of drug-likeness (QED) is 0.695. The van der Waals surface area contributed by atoms with Crippen molar-refractivity contribution in [3.8, 4) is 11.5 Å². The van der Waals surface area contributed by atoms with Crippen molar-refractivity contribution in [2.45, 2.75) is 19.4 Å². The summed E-state index contributed by atoms with van der Waals surface area (Å²) in [4.78, 5) is 19.2. The molecule has 1 amide bonds. The number of pyridine rings is 1. The zero-order valence-electron chi connectivity index (χ0n) is 16.8. The maximum absolute atomic E-state index is 12.5. The van der Waals surface area contributed by atoms with Crippen LogP contribution < -0.4 is 14.8 Å². The van der Waals surface area contributed by atoms with Crippen molar-refractivity contribution in [3.05, 3.63) is 59.8 Å². The molecule has 3 aromatic rings. The summed E-state index contributed by atoms with van der Waals surface area (Å²) in [5.41, 5.74) is 4.09. The first-order chi connectivity index (χ1) is 14.2. The Morgan fingerprint density at radius 1 is 1.10 bits per heavy atom. The molecule has 1 aromatic heterocycles. The lowest BCUT2D eigenvalue weighted by molar-refractivity contribution is -0.116. The summed E-state index contributed by atoms with van der Waals surface area (Å²) in [5, 5.41) is 4.03. The van der Waals surface area contributed by atoms with Crippen LogP contribution in [0, 0.1) is 0 Å². The van der Waals surface area contributed by atoms with Crippen LogP contribution in [0.1, 0.15) is 17.5 Å². The van der Waals surface area contributed by atoms with Crippen molar-refractivity contribution in [2.24, 2.45) is 0 Å². The molecule has 0 fully saturated rings. The summed E-state index contributed by atoms with van der Waals surface area (Å²) in [6.45, 7) is 2.43. The molecule has 0 radical (unpaired) electrons. The minimum Gasteiger partial charge on any atom is -0.493 e. The second-order valence-corrected chi connectivity index (χ2v) is 7.18. The molecule has 2 aromatic carbocycles. The van der Waals surface area contributed by atoms with Crippen LogP contribution in [-0.4, -0.2) is 43.1 Å². The van der Waals surface area contributed by atoms with Crippen LogP contribution in [0.15, 0.2) is 48.7 Å². The number of hydrogen-bond donors (Lipinski definition) is 1. The highest BCUT2D eigenvalue weighted by atomic mass is 16.5. The molecule has 2 heterocycles. The molecule has 0 saturated carbocycles. The van der Waals surface area contributed by atoms with Gasteiger partial charge in [0.05, 0.1) is 25.4 Å². The molecular weight excluding hydrogens is 366 g/mol. The zero-order chi connectivity index (χ0) is 20.2. The molecule has 0 bridgehead atoms. The van der Waals surface area contributed by atoms with Gasteiger partial charge in [-0.1, -0.05) is 18.2 Å². The standard InChI is InChI=1S/C23H25N3O3/c1-28-20-13-17-8-11-26(15-18(17)14-21(20)29-2)12-9-22(27)25-19-7-3-5-16-6-4-10-24-23(16)19/h3-7,10,13-14H,8-9,11-12,15H2,1-2H3,(H,25,27). The number of fused-ring (bicyclic) bond motifs is 2. The zero-order valence-corrected chi connectivity index (χ0v) is 16.8. The summed E-state index contributed by atoms with van der Waals surface area (Å²) >= 11 is 0. The highest BCUT2D eigenvalue weighted by Crippen LogP contribution is 2.33. The Morgan fingerprint density at radius 2 is 1.86 bits per heavy atom. The fourth-order valence-corrected chi connectivity index (χ4v) is 3.81. The molecule has 0 spiro atoms. The summed E-state index contributed by atoms with van der Waals surface area (Å²) in [5.74, 6) is 1.51. The molecular formula is C23H25N3O3. The highest BCUT2D eigenvalue weighted by molar-refractivity contribution is 6.00. The normalized spacial score (nSPS) is 13.7. The van der Waals surface area contributed by atoms with Gasteiger partial charge in [0.25, 0.3) is 0 Å². The number of benzene rings is 2. The highest BCUT2D eigenvalue weighted by Gasteiger charge is 2.20. The number of rotatable bonds is 6. The van der Waals surface area contributed by atoms with E-state index in [9.17, 15) is 4.79 Å². The summed E-state index contributed by atoms with van der Waals surface area (Å²) in [6.07, 6.45) is 3.11. The van der Waals surface area contributed by atoms with Crippen LogP contribution in [0.5, 0.6) is 11.5 Å². The van der Waals surface area contributed by atoms with Crippen LogP contribution in [0.25, 0.3) is 10.9 Å². The number of aromatic nitrogens is 1. The van der Waals surface area contributed by atoms with Crippen molar-refractivity contribution in [2.75, 3.05) is 32.6 Å². The fraction of sp³-hybridized carbons (Fsp3) is 0.304. The van der Waals surface area contributed by atoms with E-state index in [0.717, 1.165) is 47.6 Å². The largest absolute Gasteiger partial charge is 0.493 e.